The zero-order valence-corrected chi connectivity index (χ0v) is 12.4. The van der Waals surface area contributed by atoms with Crippen molar-refractivity contribution in [1.29, 1.82) is 0 Å². The molecule has 122 valence electrons. The van der Waals surface area contributed by atoms with E-state index in [1.54, 1.807) is 0 Å². The summed E-state index contributed by atoms with van der Waals surface area (Å²) in [5.41, 5.74) is -0.695. The summed E-state index contributed by atoms with van der Waals surface area (Å²) in [4.78, 5) is 35.2. The number of ether oxygens (including phenoxy) is 3. The summed E-state index contributed by atoms with van der Waals surface area (Å²) in [6.07, 6.45) is 2.07. The van der Waals surface area contributed by atoms with Gasteiger partial charge in [-0.1, -0.05) is 0 Å². The van der Waals surface area contributed by atoms with Gasteiger partial charge in [0.25, 0.3) is 0 Å². The van der Waals surface area contributed by atoms with Crippen LogP contribution in [0.3, 0.4) is 0 Å². The molecule has 4 bridgehead atoms. The van der Waals surface area contributed by atoms with Crippen LogP contribution in [-0.4, -0.2) is 47.4 Å². The number of rotatable bonds is 4. The van der Waals surface area contributed by atoms with Gasteiger partial charge in [0.2, 0.25) is 0 Å². The highest BCUT2D eigenvalue weighted by molar-refractivity contribution is 5.80. The molecule has 0 spiro atoms. The average molecular weight is 312 g/mol. The van der Waals surface area contributed by atoms with E-state index >= 15 is 0 Å². The molecule has 5 atom stereocenters. The third-order valence-electron chi connectivity index (χ3n) is 4.80. The fourth-order valence-electron chi connectivity index (χ4n) is 4.08. The van der Waals surface area contributed by atoms with Gasteiger partial charge in [0.1, 0.15) is 18.3 Å². The van der Waals surface area contributed by atoms with Crippen LogP contribution in [0.2, 0.25) is 0 Å². The zero-order valence-electron chi connectivity index (χ0n) is 12.4. The topological polar surface area (TPSA) is 99.1 Å². The highest BCUT2D eigenvalue weighted by Gasteiger charge is 2.55. The fraction of sp³-hybridized carbons (Fsp3) is 0.800. The Bertz CT molecular complexity index is 502. The molecule has 2 aliphatic heterocycles. The molecule has 2 saturated carbocycles. The standard InChI is InChI=1S/C15H20O7/c1-8(20-12(17)7-16)13(18)22-15-4-9-2-10(5-15)14(19)21-11(3-9)6-15/h8-11,16H,2-7H2,1H3. The first-order valence-electron chi connectivity index (χ1n) is 7.64. The van der Waals surface area contributed by atoms with E-state index in [0.29, 0.717) is 18.8 Å². The van der Waals surface area contributed by atoms with Crippen molar-refractivity contribution < 1.29 is 33.7 Å². The number of hydrogen-bond acceptors (Lipinski definition) is 7. The van der Waals surface area contributed by atoms with Crippen molar-refractivity contribution in [2.24, 2.45) is 11.8 Å². The summed E-state index contributed by atoms with van der Waals surface area (Å²) in [5.74, 6) is -1.59. The molecule has 0 aromatic carbocycles. The fourth-order valence-corrected chi connectivity index (χ4v) is 4.08. The first-order valence-corrected chi connectivity index (χ1v) is 7.64. The van der Waals surface area contributed by atoms with Crippen molar-refractivity contribution >= 4 is 17.9 Å². The quantitative estimate of drug-likeness (QED) is 0.590. The van der Waals surface area contributed by atoms with Crippen LogP contribution in [0.5, 0.6) is 0 Å². The van der Waals surface area contributed by atoms with Crippen molar-refractivity contribution in [3.8, 4) is 0 Å². The molecule has 22 heavy (non-hydrogen) atoms. The summed E-state index contributed by atoms with van der Waals surface area (Å²) < 4.78 is 15.9. The molecule has 2 aliphatic carbocycles. The molecular formula is C15H20O7. The van der Waals surface area contributed by atoms with Crippen LogP contribution in [0.15, 0.2) is 0 Å². The molecule has 4 aliphatic rings. The number of aliphatic hydroxyl groups excluding tert-OH is 1. The molecule has 2 saturated heterocycles. The molecule has 4 fully saturated rings. The molecule has 7 heteroatoms. The Hall–Kier alpha value is -1.63. The van der Waals surface area contributed by atoms with Gasteiger partial charge in [0.05, 0.1) is 5.92 Å². The molecule has 5 unspecified atom stereocenters. The molecule has 0 aromatic rings. The molecular weight excluding hydrogens is 292 g/mol. The Labute approximate surface area is 127 Å². The van der Waals surface area contributed by atoms with E-state index in [9.17, 15) is 14.4 Å². The van der Waals surface area contributed by atoms with Gasteiger partial charge in [0, 0.05) is 12.8 Å². The maximum absolute atomic E-state index is 12.2. The van der Waals surface area contributed by atoms with Gasteiger partial charge in [-0.3, -0.25) is 4.79 Å². The van der Waals surface area contributed by atoms with Crippen molar-refractivity contribution in [2.45, 2.75) is 56.8 Å². The summed E-state index contributed by atoms with van der Waals surface area (Å²) in [6, 6.07) is 0. The van der Waals surface area contributed by atoms with Crippen LogP contribution < -0.4 is 0 Å². The number of carbonyl (C=O) groups excluding carboxylic acids is 3. The van der Waals surface area contributed by atoms with Gasteiger partial charge in [0.15, 0.2) is 6.10 Å². The normalized spacial score (nSPS) is 37.2. The lowest BCUT2D eigenvalue weighted by Gasteiger charge is -2.45. The maximum Gasteiger partial charge on any atom is 0.347 e. The van der Waals surface area contributed by atoms with Crippen LogP contribution in [0.4, 0.5) is 0 Å². The molecule has 0 radical (unpaired) electrons. The Morgan fingerprint density at radius 3 is 2.86 bits per heavy atom. The molecule has 1 N–H and O–H groups in total. The highest BCUT2D eigenvalue weighted by atomic mass is 16.6. The zero-order chi connectivity index (χ0) is 15.9. The lowest BCUT2D eigenvalue weighted by molar-refractivity contribution is -0.189. The first kappa shape index (κ1) is 15.3. The smallest absolute Gasteiger partial charge is 0.347 e. The lowest BCUT2D eigenvalue weighted by atomic mass is 9.65. The van der Waals surface area contributed by atoms with E-state index in [2.05, 4.69) is 0 Å². The molecule has 2 heterocycles. The Morgan fingerprint density at radius 2 is 2.14 bits per heavy atom. The van der Waals surface area contributed by atoms with Crippen molar-refractivity contribution in [3.05, 3.63) is 0 Å². The SMILES string of the molecule is CC(OC(=O)CO)C(=O)OC12CC3CC(C1)OC(=O)C(C3)C2. The Kier molecular flexibility index (Phi) is 3.84. The minimum absolute atomic E-state index is 0.190. The van der Waals surface area contributed by atoms with E-state index in [4.69, 9.17) is 19.3 Å². The van der Waals surface area contributed by atoms with Crippen molar-refractivity contribution in [1.82, 2.24) is 0 Å². The van der Waals surface area contributed by atoms with Crippen molar-refractivity contribution in [3.63, 3.8) is 0 Å². The Balaban J connectivity index is 1.70. The second-order valence-corrected chi connectivity index (χ2v) is 6.60. The van der Waals surface area contributed by atoms with Gasteiger partial charge >= 0.3 is 17.9 Å². The van der Waals surface area contributed by atoms with Gasteiger partial charge < -0.3 is 19.3 Å². The van der Waals surface area contributed by atoms with E-state index in [-0.39, 0.29) is 18.0 Å². The minimum Gasteiger partial charge on any atom is -0.462 e. The monoisotopic (exact) mass is 312 g/mol. The summed E-state index contributed by atoms with van der Waals surface area (Å²) in [6.45, 7) is 0.628. The number of aliphatic hydroxyl groups is 1. The van der Waals surface area contributed by atoms with E-state index in [1.165, 1.54) is 6.92 Å². The highest BCUT2D eigenvalue weighted by Crippen LogP contribution is 2.51. The second kappa shape index (κ2) is 5.53. The molecule has 0 aromatic heterocycles. The maximum atomic E-state index is 12.2. The lowest BCUT2D eigenvalue weighted by Crippen LogP contribution is -2.49. The molecule has 7 nitrogen and oxygen atoms in total. The van der Waals surface area contributed by atoms with Gasteiger partial charge in [-0.05, 0) is 32.1 Å². The number of fused-ring (bicyclic) bond motifs is 1. The molecule has 4 rings (SSSR count). The van der Waals surface area contributed by atoms with Crippen LogP contribution >= 0.6 is 0 Å². The van der Waals surface area contributed by atoms with Crippen LogP contribution in [-0.2, 0) is 28.6 Å². The number of carbonyl (C=O) groups is 3. The predicted molar refractivity (Wildman–Crippen MR) is 71.4 cm³/mol. The van der Waals surface area contributed by atoms with E-state index in [1.807, 2.05) is 0 Å². The van der Waals surface area contributed by atoms with E-state index < -0.39 is 30.3 Å². The third kappa shape index (κ3) is 2.82. The molecule has 0 amide bonds. The average Bonchev–Trinajstić information content (AvgIpc) is 2.60. The number of esters is 3. The summed E-state index contributed by atoms with van der Waals surface area (Å²) in [7, 11) is 0. The van der Waals surface area contributed by atoms with Gasteiger partial charge in [-0.25, -0.2) is 9.59 Å². The third-order valence-corrected chi connectivity index (χ3v) is 4.80. The van der Waals surface area contributed by atoms with Gasteiger partial charge in [-0.15, -0.1) is 0 Å². The first-order chi connectivity index (χ1) is 10.4. The van der Waals surface area contributed by atoms with Crippen molar-refractivity contribution in [2.75, 3.05) is 6.61 Å². The second-order valence-electron chi connectivity index (χ2n) is 6.60. The van der Waals surface area contributed by atoms with Gasteiger partial charge in [-0.2, -0.15) is 0 Å². The van der Waals surface area contributed by atoms with E-state index in [0.717, 1.165) is 19.3 Å². The van der Waals surface area contributed by atoms with Crippen LogP contribution in [0.25, 0.3) is 0 Å². The predicted octanol–water partition coefficient (Wildman–Crippen LogP) is 0.328. The minimum atomic E-state index is -1.08. The van der Waals surface area contributed by atoms with Crippen LogP contribution in [0, 0.1) is 11.8 Å². The summed E-state index contributed by atoms with van der Waals surface area (Å²) >= 11 is 0. The van der Waals surface area contributed by atoms with Crippen LogP contribution in [0.1, 0.15) is 39.0 Å². The Morgan fingerprint density at radius 1 is 1.36 bits per heavy atom. The largest absolute Gasteiger partial charge is 0.462 e. The summed E-state index contributed by atoms with van der Waals surface area (Å²) in [5, 5.41) is 8.65. The number of hydrogen-bond donors (Lipinski definition) is 1.